The first-order chi connectivity index (χ1) is 17.3. The molecule has 0 saturated carbocycles. The third-order valence-corrected chi connectivity index (χ3v) is 7.33. The van der Waals surface area contributed by atoms with E-state index < -0.39 is 10.0 Å². The summed E-state index contributed by atoms with van der Waals surface area (Å²) in [5.74, 6) is -0.593. The first-order valence-electron chi connectivity index (χ1n) is 11.2. The molecule has 8 heteroatoms. The van der Waals surface area contributed by atoms with Gasteiger partial charge in [0.15, 0.2) is 0 Å². The van der Waals surface area contributed by atoms with Crippen LogP contribution in [0.2, 0.25) is 0 Å². The third kappa shape index (κ3) is 6.04. The molecular weight excluding hydrogens is 474 g/mol. The van der Waals surface area contributed by atoms with E-state index in [0.29, 0.717) is 22.5 Å². The molecule has 36 heavy (non-hydrogen) atoms. The highest BCUT2D eigenvalue weighted by Crippen LogP contribution is 2.20. The van der Waals surface area contributed by atoms with Gasteiger partial charge in [-0.05, 0) is 66.2 Å². The van der Waals surface area contributed by atoms with Crippen molar-refractivity contribution in [3.63, 3.8) is 0 Å². The highest BCUT2D eigenvalue weighted by molar-refractivity contribution is 7.89. The van der Waals surface area contributed by atoms with Crippen LogP contribution in [0.25, 0.3) is 0 Å². The van der Waals surface area contributed by atoms with Gasteiger partial charge in [-0.2, -0.15) is 4.31 Å². The van der Waals surface area contributed by atoms with Crippen molar-refractivity contribution in [3.8, 4) is 0 Å². The van der Waals surface area contributed by atoms with E-state index in [9.17, 15) is 18.0 Å². The first kappa shape index (κ1) is 24.8. The van der Waals surface area contributed by atoms with Crippen molar-refractivity contribution < 1.29 is 18.0 Å². The van der Waals surface area contributed by atoms with Gasteiger partial charge >= 0.3 is 0 Å². The Labute approximate surface area is 210 Å². The van der Waals surface area contributed by atoms with Gasteiger partial charge in [0, 0.05) is 36.1 Å². The smallest absolute Gasteiger partial charge is 0.255 e. The van der Waals surface area contributed by atoms with E-state index in [1.807, 2.05) is 36.4 Å². The van der Waals surface area contributed by atoms with E-state index in [4.69, 9.17) is 0 Å². The predicted octanol–water partition coefficient (Wildman–Crippen LogP) is 5.01. The van der Waals surface area contributed by atoms with E-state index in [2.05, 4.69) is 10.6 Å². The van der Waals surface area contributed by atoms with Crippen molar-refractivity contribution in [3.05, 3.63) is 126 Å². The van der Waals surface area contributed by atoms with Gasteiger partial charge in [0.2, 0.25) is 10.0 Å². The fraction of sp³-hybridized carbons (Fsp3) is 0.0714. The number of anilines is 2. The first-order valence-corrected chi connectivity index (χ1v) is 12.6. The van der Waals surface area contributed by atoms with Crippen molar-refractivity contribution in [2.75, 3.05) is 17.7 Å². The quantitative estimate of drug-likeness (QED) is 0.356. The molecule has 0 bridgehead atoms. The summed E-state index contributed by atoms with van der Waals surface area (Å²) in [6.07, 6.45) is 0. The minimum absolute atomic E-state index is 0.137. The Morgan fingerprint density at radius 1 is 0.639 bits per heavy atom. The summed E-state index contributed by atoms with van der Waals surface area (Å²) < 4.78 is 27.1. The molecule has 2 N–H and O–H groups in total. The molecule has 0 aliphatic rings. The summed E-state index contributed by atoms with van der Waals surface area (Å²) in [7, 11) is -2.15. The lowest BCUT2D eigenvalue weighted by Gasteiger charge is -2.17. The molecule has 4 aromatic carbocycles. The number of hydrogen-bond donors (Lipinski definition) is 2. The minimum atomic E-state index is -3.68. The number of amides is 2. The molecule has 0 heterocycles. The van der Waals surface area contributed by atoms with E-state index in [1.165, 1.54) is 23.5 Å². The molecule has 4 rings (SSSR count). The summed E-state index contributed by atoms with van der Waals surface area (Å²) >= 11 is 0. The molecule has 0 spiro atoms. The molecule has 2 amide bonds. The lowest BCUT2D eigenvalue weighted by Crippen LogP contribution is -2.26. The number of rotatable bonds is 8. The van der Waals surface area contributed by atoms with Crippen LogP contribution < -0.4 is 10.6 Å². The number of sulfonamides is 1. The van der Waals surface area contributed by atoms with Gasteiger partial charge in [0.25, 0.3) is 11.8 Å². The van der Waals surface area contributed by atoms with Crippen LogP contribution in [0.5, 0.6) is 0 Å². The fourth-order valence-corrected chi connectivity index (χ4v) is 4.68. The monoisotopic (exact) mass is 499 g/mol. The zero-order chi connectivity index (χ0) is 25.5. The van der Waals surface area contributed by atoms with Gasteiger partial charge in [-0.25, -0.2) is 8.42 Å². The molecule has 0 aliphatic heterocycles. The van der Waals surface area contributed by atoms with Crippen LogP contribution in [0.15, 0.2) is 114 Å². The molecular formula is C28H25N3O4S. The Hall–Kier alpha value is -4.27. The topological polar surface area (TPSA) is 95.6 Å². The lowest BCUT2D eigenvalue weighted by atomic mass is 10.1. The van der Waals surface area contributed by atoms with E-state index in [1.54, 1.807) is 60.7 Å². The summed E-state index contributed by atoms with van der Waals surface area (Å²) in [6, 6.07) is 30.7. The number of hydrogen-bond acceptors (Lipinski definition) is 4. The number of carbonyl (C=O) groups excluding carboxylic acids is 2. The maximum atomic E-state index is 12.9. The lowest BCUT2D eigenvalue weighted by molar-refractivity contribution is 0.102. The van der Waals surface area contributed by atoms with Crippen molar-refractivity contribution in [1.82, 2.24) is 4.31 Å². The van der Waals surface area contributed by atoms with Crippen molar-refractivity contribution in [2.24, 2.45) is 0 Å². The number of carbonyl (C=O) groups is 2. The largest absolute Gasteiger partial charge is 0.322 e. The van der Waals surface area contributed by atoms with Gasteiger partial charge in [0.05, 0.1) is 4.90 Å². The van der Waals surface area contributed by atoms with Gasteiger partial charge in [0.1, 0.15) is 0 Å². The van der Waals surface area contributed by atoms with Crippen molar-refractivity contribution in [1.29, 1.82) is 0 Å². The summed E-state index contributed by atoms with van der Waals surface area (Å²) in [4.78, 5) is 25.0. The van der Waals surface area contributed by atoms with E-state index >= 15 is 0 Å². The van der Waals surface area contributed by atoms with Crippen LogP contribution >= 0.6 is 0 Å². The second kappa shape index (κ2) is 11.0. The zero-order valence-corrected chi connectivity index (χ0v) is 20.4. The average molecular weight is 500 g/mol. The molecule has 0 unspecified atom stereocenters. The predicted molar refractivity (Wildman–Crippen MR) is 140 cm³/mol. The molecule has 0 aromatic heterocycles. The molecule has 182 valence electrons. The number of benzene rings is 4. The maximum absolute atomic E-state index is 12.9. The van der Waals surface area contributed by atoms with Gasteiger partial charge < -0.3 is 10.6 Å². The fourth-order valence-electron chi connectivity index (χ4n) is 3.52. The van der Waals surface area contributed by atoms with Gasteiger partial charge in [-0.3, -0.25) is 9.59 Å². The Balaban J connectivity index is 1.37. The van der Waals surface area contributed by atoms with Crippen LogP contribution in [0.1, 0.15) is 26.3 Å². The number of nitrogens with one attached hydrogen (secondary N) is 2. The SMILES string of the molecule is CN(Cc1ccccc1)S(=O)(=O)c1ccc(NC(=O)c2ccc(NC(=O)c3ccccc3)cc2)cc1. The summed E-state index contributed by atoms with van der Waals surface area (Å²) in [5, 5.41) is 5.54. The van der Waals surface area contributed by atoms with Crippen LogP contribution in [-0.4, -0.2) is 31.6 Å². The molecule has 0 atom stereocenters. The van der Waals surface area contributed by atoms with Crippen molar-refractivity contribution in [2.45, 2.75) is 11.4 Å². The molecule has 0 fully saturated rings. The summed E-state index contributed by atoms with van der Waals surface area (Å²) in [6.45, 7) is 0.253. The average Bonchev–Trinajstić information content (AvgIpc) is 2.90. The Kier molecular flexibility index (Phi) is 7.58. The molecule has 0 radical (unpaired) electrons. The zero-order valence-electron chi connectivity index (χ0n) is 19.6. The summed E-state index contributed by atoms with van der Waals surface area (Å²) in [5.41, 5.74) is 2.85. The Morgan fingerprint density at radius 3 is 1.61 bits per heavy atom. The van der Waals surface area contributed by atoms with Gasteiger partial charge in [-0.1, -0.05) is 48.5 Å². The van der Waals surface area contributed by atoms with E-state index in [0.717, 1.165) is 5.56 Å². The minimum Gasteiger partial charge on any atom is -0.322 e. The molecule has 7 nitrogen and oxygen atoms in total. The highest BCUT2D eigenvalue weighted by Gasteiger charge is 2.21. The molecule has 4 aromatic rings. The van der Waals surface area contributed by atoms with Crippen LogP contribution in [0.4, 0.5) is 11.4 Å². The van der Waals surface area contributed by atoms with Crippen LogP contribution in [0.3, 0.4) is 0 Å². The van der Waals surface area contributed by atoms with Crippen molar-refractivity contribution >= 4 is 33.2 Å². The number of nitrogens with zero attached hydrogens (tertiary/aromatic N) is 1. The normalized spacial score (nSPS) is 11.2. The second-order valence-corrected chi connectivity index (χ2v) is 10.2. The molecule has 0 aliphatic carbocycles. The van der Waals surface area contributed by atoms with Crippen LogP contribution in [0, 0.1) is 0 Å². The third-order valence-electron chi connectivity index (χ3n) is 5.51. The Bertz CT molecular complexity index is 1440. The highest BCUT2D eigenvalue weighted by atomic mass is 32.2. The van der Waals surface area contributed by atoms with Crippen LogP contribution in [-0.2, 0) is 16.6 Å². The molecule has 0 saturated heterocycles. The van der Waals surface area contributed by atoms with E-state index in [-0.39, 0.29) is 23.3 Å². The second-order valence-electron chi connectivity index (χ2n) is 8.12. The Morgan fingerprint density at radius 2 is 1.08 bits per heavy atom. The standard InChI is InChI=1S/C28H25N3O4S/c1-31(20-21-8-4-2-5-9-21)36(34,35)26-18-16-25(17-19-26)30-28(33)23-12-14-24(15-13-23)29-27(32)22-10-6-3-7-11-22/h2-19H,20H2,1H3,(H,29,32)(H,30,33). The maximum Gasteiger partial charge on any atom is 0.255 e. The van der Waals surface area contributed by atoms with Gasteiger partial charge in [-0.15, -0.1) is 0 Å².